The van der Waals surface area contributed by atoms with E-state index in [4.69, 9.17) is 21.1 Å². The van der Waals surface area contributed by atoms with Crippen molar-refractivity contribution in [2.24, 2.45) is 16.7 Å². The number of carbonyl (C=O) groups is 1. The van der Waals surface area contributed by atoms with Crippen LogP contribution in [0.2, 0.25) is 0 Å². The molecule has 0 aromatic heterocycles. The molecule has 2 aromatic carbocycles. The third kappa shape index (κ3) is 3.54. The Morgan fingerprint density at radius 3 is 2.68 bits per heavy atom. The lowest BCUT2D eigenvalue weighted by atomic mass is 10.1. The standard InChI is InChI=1S/C16H17N3O3/c1-21-14-7-6-11(9-19-18)8-12(14)10-22-15-5-3-2-4-13(15)16(17)20/h2-9H,10,18H2,1H3,(H2,17,20). The Morgan fingerprint density at radius 2 is 2.00 bits per heavy atom. The normalized spacial score (nSPS) is 10.6. The molecule has 2 aromatic rings. The molecule has 2 rings (SSSR count). The predicted molar refractivity (Wildman–Crippen MR) is 84.1 cm³/mol. The van der Waals surface area contributed by atoms with Crippen LogP contribution < -0.4 is 21.1 Å². The quantitative estimate of drug-likeness (QED) is 0.481. The van der Waals surface area contributed by atoms with Gasteiger partial charge >= 0.3 is 0 Å². The minimum atomic E-state index is -0.536. The van der Waals surface area contributed by atoms with Gasteiger partial charge in [-0.2, -0.15) is 5.10 Å². The number of methoxy groups -OCH3 is 1. The molecule has 0 radical (unpaired) electrons. The molecular weight excluding hydrogens is 282 g/mol. The number of hydrogen-bond acceptors (Lipinski definition) is 5. The van der Waals surface area contributed by atoms with Crippen LogP contribution in [0.4, 0.5) is 0 Å². The lowest BCUT2D eigenvalue weighted by Crippen LogP contribution is -2.13. The Balaban J connectivity index is 2.24. The molecule has 22 heavy (non-hydrogen) atoms. The number of ether oxygens (including phenoxy) is 2. The number of amides is 1. The summed E-state index contributed by atoms with van der Waals surface area (Å²) in [6, 6.07) is 12.3. The Kier molecular flexibility index (Phi) is 4.98. The zero-order chi connectivity index (χ0) is 15.9. The molecule has 1 amide bonds. The van der Waals surface area contributed by atoms with Crippen molar-refractivity contribution >= 4 is 12.1 Å². The fourth-order valence-corrected chi connectivity index (χ4v) is 2.03. The zero-order valence-electron chi connectivity index (χ0n) is 12.2. The van der Waals surface area contributed by atoms with Crippen LogP contribution in [0.5, 0.6) is 11.5 Å². The summed E-state index contributed by atoms with van der Waals surface area (Å²) in [4.78, 5) is 11.4. The molecule has 0 aliphatic carbocycles. The Hall–Kier alpha value is -3.02. The van der Waals surface area contributed by atoms with Crippen molar-refractivity contribution < 1.29 is 14.3 Å². The zero-order valence-corrected chi connectivity index (χ0v) is 12.2. The molecule has 0 aliphatic heterocycles. The highest BCUT2D eigenvalue weighted by atomic mass is 16.5. The Bertz CT molecular complexity index is 699. The highest BCUT2D eigenvalue weighted by Gasteiger charge is 2.10. The lowest BCUT2D eigenvalue weighted by molar-refractivity contribution is 0.0996. The van der Waals surface area contributed by atoms with Crippen molar-refractivity contribution in [3.8, 4) is 11.5 Å². The topological polar surface area (TPSA) is 99.9 Å². The van der Waals surface area contributed by atoms with E-state index in [1.54, 1.807) is 37.4 Å². The fourth-order valence-electron chi connectivity index (χ4n) is 2.03. The van der Waals surface area contributed by atoms with Gasteiger partial charge in [0.25, 0.3) is 5.91 Å². The highest BCUT2D eigenvalue weighted by Crippen LogP contribution is 2.23. The molecule has 114 valence electrons. The van der Waals surface area contributed by atoms with Crippen LogP contribution in [0.1, 0.15) is 21.5 Å². The monoisotopic (exact) mass is 299 g/mol. The maximum atomic E-state index is 11.4. The number of rotatable bonds is 6. The molecule has 0 aliphatic rings. The van der Waals surface area contributed by atoms with Crippen molar-refractivity contribution in [2.75, 3.05) is 7.11 Å². The van der Waals surface area contributed by atoms with E-state index in [-0.39, 0.29) is 6.61 Å². The van der Waals surface area contributed by atoms with E-state index in [0.29, 0.717) is 17.1 Å². The fraction of sp³-hybridized carbons (Fsp3) is 0.125. The SMILES string of the molecule is COc1ccc(C=NN)cc1COc1ccccc1C(N)=O. The molecule has 4 N–H and O–H groups in total. The lowest BCUT2D eigenvalue weighted by Gasteiger charge is -2.12. The number of hydrogen-bond donors (Lipinski definition) is 2. The van der Waals surface area contributed by atoms with Gasteiger partial charge in [-0.15, -0.1) is 0 Å². The van der Waals surface area contributed by atoms with E-state index in [2.05, 4.69) is 5.10 Å². The predicted octanol–water partition coefficient (Wildman–Crippen LogP) is 1.67. The molecule has 0 bridgehead atoms. The van der Waals surface area contributed by atoms with Gasteiger partial charge in [-0.1, -0.05) is 12.1 Å². The van der Waals surface area contributed by atoms with Crippen molar-refractivity contribution in [3.63, 3.8) is 0 Å². The van der Waals surface area contributed by atoms with Gasteiger partial charge in [-0.25, -0.2) is 0 Å². The Labute approximate surface area is 128 Å². The molecule has 0 unspecified atom stereocenters. The summed E-state index contributed by atoms with van der Waals surface area (Å²) in [5.41, 5.74) is 7.29. The summed E-state index contributed by atoms with van der Waals surface area (Å²) < 4.78 is 11.0. The second kappa shape index (κ2) is 7.12. The molecule has 0 heterocycles. The summed E-state index contributed by atoms with van der Waals surface area (Å²) in [6.45, 7) is 0.222. The third-order valence-electron chi connectivity index (χ3n) is 3.06. The maximum Gasteiger partial charge on any atom is 0.252 e. The number of nitrogens with zero attached hydrogens (tertiary/aromatic N) is 1. The van der Waals surface area contributed by atoms with Crippen molar-refractivity contribution in [1.29, 1.82) is 0 Å². The van der Waals surface area contributed by atoms with E-state index < -0.39 is 5.91 Å². The summed E-state index contributed by atoms with van der Waals surface area (Å²) >= 11 is 0. The second-order valence-electron chi connectivity index (χ2n) is 4.50. The first-order chi connectivity index (χ1) is 10.7. The van der Waals surface area contributed by atoms with Crippen molar-refractivity contribution in [3.05, 3.63) is 59.2 Å². The van der Waals surface area contributed by atoms with Crippen LogP contribution in [-0.2, 0) is 6.61 Å². The van der Waals surface area contributed by atoms with E-state index >= 15 is 0 Å². The van der Waals surface area contributed by atoms with E-state index in [1.165, 1.54) is 6.21 Å². The number of carbonyl (C=O) groups excluding carboxylic acids is 1. The number of primary amides is 1. The Morgan fingerprint density at radius 1 is 1.23 bits per heavy atom. The summed E-state index contributed by atoms with van der Waals surface area (Å²) in [7, 11) is 1.58. The van der Waals surface area contributed by atoms with Crippen LogP contribution in [0, 0.1) is 0 Å². The van der Waals surface area contributed by atoms with Crippen molar-refractivity contribution in [1.82, 2.24) is 0 Å². The maximum absolute atomic E-state index is 11.4. The molecular formula is C16H17N3O3. The molecule has 0 atom stereocenters. The van der Waals surface area contributed by atoms with Crippen LogP contribution in [0.15, 0.2) is 47.6 Å². The van der Waals surface area contributed by atoms with Gasteiger partial charge in [0, 0.05) is 5.56 Å². The van der Waals surface area contributed by atoms with Gasteiger partial charge in [-0.3, -0.25) is 4.79 Å². The molecule has 0 saturated carbocycles. The third-order valence-corrected chi connectivity index (χ3v) is 3.06. The average molecular weight is 299 g/mol. The molecule has 0 saturated heterocycles. The van der Waals surface area contributed by atoms with Gasteiger partial charge in [0.2, 0.25) is 0 Å². The van der Waals surface area contributed by atoms with Crippen LogP contribution >= 0.6 is 0 Å². The number of benzene rings is 2. The van der Waals surface area contributed by atoms with Crippen LogP contribution in [0.3, 0.4) is 0 Å². The first kappa shape index (κ1) is 15.4. The second-order valence-corrected chi connectivity index (χ2v) is 4.50. The average Bonchev–Trinajstić information content (AvgIpc) is 2.53. The first-order valence-corrected chi connectivity index (χ1v) is 6.57. The molecule has 6 heteroatoms. The van der Waals surface area contributed by atoms with E-state index in [0.717, 1.165) is 11.1 Å². The molecule has 0 spiro atoms. The van der Waals surface area contributed by atoms with Gasteiger partial charge in [0.1, 0.15) is 18.1 Å². The first-order valence-electron chi connectivity index (χ1n) is 6.57. The van der Waals surface area contributed by atoms with Gasteiger partial charge in [0.15, 0.2) is 0 Å². The van der Waals surface area contributed by atoms with Crippen molar-refractivity contribution in [2.45, 2.75) is 6.61 Å². The molecule has 6 nitrogen and oxygen atoms in total. The largest absolute Gasteiger partial charge is 0.496 e. The van der Waals surface area contributed by atoms with Crippen LogP contribution in [-0.4, -0.2) is 19.2 Å². The molecule has 0 fully saturated rings. The summed E-state index contributed by atoms with van der Waals surface area (Å²) in [5, 5.41) is 3.49. The van der Waals surface area contributed by atoms with Gasteiger partial charge in [-0.05, 0) is 35.9 Å². The number of nitrogens with two attached hydrogens (primary N) is 2. The van der Waals surface area contributed by atoms with E-state index in [9.17, 15) is 4.79 Å². The minimum Gasteiger partial charge on any atom is -0.496 e. The van der Waals surface area contributed by atoms with Crippen LogP contribution in [0.25, 0.3) is 0 Å². The number of hydrazone groups is 1. The number of para-hydroxylation sites is 1. The van der Waals surface area contributed by atoms with Gasteiger partial charge < -0.3 is 21.1 Å². The summed E-state index contributed by atoms with van der Waals surface area (Å²) in [5.74, 6) is 5.72. The van der Waals surface area contributed by atoms with E-state index in [1.807, 2.05) is 12.1 Å². The minimum absolute atomic E-state index is 0.222. The summed E-state index contributed by atoms with van der Waals surface area (Å²) in [6.07, 6.45) is 1.53. The smallest absolute Gasteiger partial charge is 0.252 e. The highest BCUT2D eigenvalue weighted by molar-refractivity contribution is 5.95. The van der Waals surface area contributed by atoms with Gasteiger partial charge in [0.05, 0.1) is 18.9 Å².